The van der Waals surface area contributed by atoms with Crippen LogP contribution in [-0.4, -0.2) is 9.13 Å². The van der Waals surface area contributed by atoms with Crippen molar-refractivity contribution in [2.75, 3.05) is 0 Å². The van der Waals surface area contributed by atoms with Crippen molar-refractivity contribution in [2.24, 2.45) is 0 Å². The van der Waals surface area contributed by atoms with Gasteiger partial charge in [0.05, 0.1) is 24.0 Å². The third-order valence-electron chi connectivity index (χ3n) is 5.84. The van der Waals surface area contributed by atoms with E-state index in [1.807, 2.05) is 83.4 Å². The largest absolute Gasteiger partial charge is 0.307 e. The third-order valence-corrected chi connectivity index (χ3v) is 6.09. The highest BCUT2D eigenvalue weighted by atomic mass is 35.5. The maximum absolute atomic E-state index is 13.3. The van der Waals surface area contributed by atoms with Crippen LogP contribution in [0.3, 0.4) is 0 Å². The Morgan fingerprint density at radius 1 is 0.636 bits per heavy atom. The minimum Gasteiger partial charge on any atom is -0.307 e. The fraction of sp³-hybridized carbons (Fsp3) is 0.0714. The number of halogens is 1. The van der Waals surface area contributed by atoms with E-state index < -0.39 is 0 Å². The summed E-state index contributed by atoms with van der Waals surface area (Å²) >= 11 is 6.04. The quantitative estimate of drug-likeness (QED) is 0.366. The van der Waals surface area contributed by atoms with Crippen molar-refractivity contribution in [3.63, 3.8) is 0 Å². The molecule has 4 nitrogen and oxygen atoms in total. The van der Waals surface area contributed by atoms with Crippen LogP contribution >= 0.6 is 11.6 Å². The van der Waals surface area contributed by atoms with Crippen molar-refractivity contribution in [2.45, 2.75) is 13.1 Å². The maximum Gasteiger partial charge on any atom is 0.263 e. The first-order valence-corrected chi connectivity index (χ1v) is 11.1. The van der Waals surface area contributed by atoms with Crippen LogP contribution in [0.4, 0.5) is 0 Å². The number of fused-ring (bicyclic) bond motifs is 1. The lowest BCUT2D eigenvalue weighted by Gasteiger charge is -2.16. The van der Waals surface area contributed by atoms with Crippen LogP contribution in [0.5, 0.6) is 0 Å². The van der Waals surface area contributed by atoms with Gasteiger partial charge in [0, 0.05) is 5.02 Å². The second-order valence-electron chi connectivity index (χ2n) is 8.01. The number of rotatable bonds is 5. The first kappa shape index (κ1) is 21.0. The van der Waals surface area contributed by atoms with E-state index in [2.05, 4.69) is 24.3 Å². The molecule has 5 aromatic rings. The van der Waals surface area contributed by atoms with Gasteiger partial charge in [0.15, 0.2) is 0 Å². The summed E-state index contributed by atoms with van der Waals surface area (Å²) in [5.74, 6) is 0. The highest BCUT2D eigenvalue weighted by Gasteiger charge is 2.12. The Kier molecular flexibility index (Phi) is 5.68. The van der Waals surface area contributed by atoms with Crippen molar-refractivity contribution in [3.8, 4) is 11.1 Å². The molecule has 0 saturated carbocycles. The summed E-state index contributed by atoms with van der Waals surface area (Å²) in [5, 5.41) is 10.2. The van der Waals surface area contributed by atoms with E-state index in [1.165, 1.54) is 4.57 Å². The molecule has 0 saturated heterocycles. The molecule has 162 valence electrons. The fourth-order valence-corrected chi connectivity index (χ4v) is 4.21. The van der Waals surface area contributed by atoms with Crippen molar-refractivity contribution in [3.05, 3.63) is 135 Å². The molecule has 0 aliphatic heterocycles. The lowest BCUT2D eigenvalue weighted by Crippen LogP contribution is -2.40. The molecule has 5 rings (SSSR count). The molecular weight excluding hydrogens is 430 g/mol. The smallest absolute Gasteiger partial charge is 0.263 e. The van der Waals surface area contributed by atoms with Crippen molar-refractivity contribution in [1.82, 2.24) is 9.13 Å². The van der Waals surface area contributed by atoms with E-state index in [9.17, 15) is 4.79 Å². The predicted molar refractivity (Wildman–Crippen MR) is 134 cm³/mol. The number of hydrogen-bond acceptors (Lipinski definition) is 2. The van der Waals surface area contributed by atoms with Crippen molar-refractivity contribution in [1.29, 1.82) is 5.41 Å². The van der Waals surface area contributed by atoms with Crippen LogP contribution in [0, 0.1) is 5.41 Å². The molecule has 0 amide bonds. The van der Waals surface area contributed by atoms with Gasteiger partial charge in [-0.05, 0) is 46.5 Å². The summed E-state index contributed by atoms with van der Waals surface area (Å²) in [4.78, 5) is 13.3. The molecule has 0 aliphatic rings. The summed E-state index contributed by atoms with van der Waals surface area (Å²) in [6.07, 6.45) is 0. The second kappa shape index (κ2) is 8.93. The topological polar surface area (TPSA) is 50.8 Å². The molecule has 4 aromatic carbocycles. The van der Waals surface area contributed by atoms with Gasteiger partial charge < -0.3 is 4.57 Å². The number of nitrogens with zero attached hydrogens (tertiary/aromatic N) is 2. The van der Waals surface area contributed by atoms with E-state index in [1.54, 1.807) is 0 Å². The second-order valence-corrected chi connectivity index (χ2v) is 8.44. The number of hydrogen-bond donors (Lipinski definition) is 1. The van der Waals surface area contributed by atoms with Gasteiger partial charge in [0.2, 0.25) is 5.62 Å². The van der Waals surface area contributed by atoms with Crippen LogP contribution in [-0.2, 0) is 13.1 Å². The van der Waals surface area contributed by atoms with Crippen LogP contribution in [0.25, 0.3) is 22.0 Å². The molecule has 0 atom stereocenters. The Balaban J connectivity index is 1.56. The van der Waals surface area contributed by atoms with E-state index in [0.717, 1.165) is 27.8 Å². The van der Waals surface area contributed by atoms with Crippen molar-refractivity contribution < 1.29 is 0 Å². The first-order chi connectivity index (χ1) is 16.1. The Bertz CT molecular complexity index is 1530. The molecule has 0 spiro atoms. The molecule has 33 heavy (non-hydrogen) atoms. The monoisotopic (exact) mass is 451 g/mol. The van der Waals surface area contributed by atoms with Gasteiger partial charge in [-0.2, -0.15) is 0 Å². The molecule has 0 fully saturated rings. The summed E-state index contributed by atoms with van der Waals surface area (Å²) in [6, 6.07) is 33.4. The van der Waals surface area contributed by atoms with Gasteiger partial charge >= 0.3 is 0 Å². The average Bonchev–Trinajstić information content (AvgIpc) is 2.86. The van der Waals surface area contributed by atoms with Crippen LogP contribution in [0.2, 0.25) is 5.02 Å². The fourth-order valence-electron chi connectivity index (χ4n) is 4.09. The molecule has 1 N–H and O–H groups in total. The highest BCUT2D eigenvalue weighted by molar-refractivity contribution is 6.30. The zero-order valence-electron chi connectivity index (χ0n) is 17.9. The average molecular weight is 452 g/mol. The molecule has 0 unspecified atom stereocenters. The molecule has 1 heterocycles. The number of benzene rings is 4. The van der Waals surface area contributed by atoms with Crippen LogP contribution in [0.15, 0.2) is 108 Å². The van der Waals surface area contributed by atoms with E-state index in [4.69, 9.17) is 17.0 Å². The number of aromatic nitrogens is 2. The standard InChI is InChI=1S/C28H22ClN3O/c29-24-16-12-21(13-17-24)18-31-26-9-5-4-8-25(26)27(33)32(28(31)30)19-20-10-14-23(15-11-20)22-6-2-1-3-7-22/h1-17,30H,18-19H2. The van der Waals surface area contributed by atoms with Gasteiger partial charge in [-0.1, -0.05) is 90.5 Å². The van der Waals surface area contributed by atoms with Crippen LogP contribution < -0.4 is 11.2 Å². The maximum atomic E-state index is 13.3. The Hall–Kier alpha value is -3.89. The van der Waals surface area contributed by atoms with Crippen LogP contribution in [0.1, 0.15) is 11.1 Å². The van der Waals surface area contributed by atoms with Gasteiger partial charge in [0.25, 0.3) is 5.56 Å². The molecule has 1 aromatic heterocycles. The van der Waals surface area contributed by atoms with Crippen molar-refractivity contribution >= 4 is 22.5 Å². The Morgan fingerprint density at radius 2 is 1.18 bits per heavy atom. The lowest BCUT2D eigenvalue weighted by atomic mass is 10.0. The van der Waals surface area contributed by atoms with E-state index >= 15 is 0 Å². The molecule has 0 radical (unpaired) electrons. The third kappa shape index (κ3) is 4.26. The first-order valence-electron chi connectivity index (χ1n) is 10.8. The number of nitrogens with one attached hydrogen (secondary N) is 1. The Labute approximate surface area is 196 Å². The lowest BCUT2D eigenvalue weighted by molar-refractivity contribution is 0.603. The summed E-state index contributed by atoms with van der Waals surface area (Å²) < 4.78 is 3.41. The molecular formula is C28H22ClN3O. The SMILES string of the molecule is N=c1n(Cc2ccc(-c3ccccc3)cc2)c(=O)c2ccccc2n1Cc1ccc(Cl)cc1. The van der Waals surface area contributed by atoms with Gasteiger partial charge in [-0.25, -0.2) is 0 Å². The number of para-hydroxylation sites is 1. The summed E-state index contributed by atoms with van der Waals surface area (Å²) in [5.41, 5.74) is 5.01. The minimum atomic E-state index is -0.157. The molecule has 0 bridgehead atoms. The summed E-state index contributed by atoms with van der Waals surface area (Å²) in [6.45, 7) is 0.807. The molecule has 5 heteroatoms. The summed E-state index contributed by atoms with van der Waals surface area (Å²) in [7, 11) is 0. The van der Waals surface area contributed by atoms with Gasteiger partial charge in [-0.15, -0.1) is 0 Å². The molecule has 0 aliphatic carbocycles. The van der Waals surface area contributed by atoms with Gasteiger partial charge in [0.1, 0.15) is 0 Å². The predicted octanol–water partition coefficient (Wildman–Crippen LogP) is 5.70. The zero-order valence-corrected chi connectivity index (χ0v) is 18.7. The minimum absolute atomic E-state index is 0.157. The zero-order chi connectivity index (χ0) is 22.8. The normalized spacial score (nSPS) is 11.1. The van der Waals surface area contributed by atoms with Gasteiger partial charge in [-0.3, -0.25) is 14.8 Å². The van der Waals surface area contributed by atoms with E-state index in [-0.39, 0.29) is 11.2 Å². The van der Waals surface area contributed by atoms with E-state index in [0.29, 0.717) is 23.5 Å². The highest BCUT2D eigenvalue weighted by Crippen LogP contribution is 2.19. The Morgan fingerprint density at radius 3 is 1.88 bits per heavy atom.